The lowest BCUT2D eigenvalue weighted by molar-refractivity contribution is -0.137. The Morgan fingerprint density at radius 3 is 2.80 bits per heavy atom. The molecule has 84 valence electrons. The van der Waals surface area contributed by atoms with E-state index >= 15 is 0 Å². The lowest BCUT2D eigenvalue weighted by atomic mass is 10.0. The SMILES string of the molecule is CC(C)(C)N1CCCNC(CC#N)C1=O. The molecule has 1 amide bonds. The van der Waals surface area contributed by atoms with Crippen LogP contribution in [-0.4, -0.2) is 35.5 Å². The van der Waals surface area contributed by atoms with Gasteiger partial charge in [-0.3, -0.25) is 4.79 Å². The molecule has 1 aliphatic heterocycles. The second kappa shape index (κ2) is 4.63. The summed E-state index contributed by atoms with van der Waals surface area (Å²) >= 11 is 0. The van der Waals surface area contributed by atoms with E-state index in [0.29, 0.717) is 0 Å². The summed E-state index contributed by atoms with van der Waals surface area (Å²) in [5, 5.41) is 11.8. The van der Waals surface area contributed by atoms with Crippen molar-refractivity contribution in [2.75, 3.05) is 13.1 Å². The lowest BCUT2D eigenvalue weighted by Gasteiger charge is -2.36. The van der Waals surface area contributed by atoms with Gasteiger partial charge in [-0.05, 0) is 33.7 Å². The summed E-state index contributed by atoms with van der Waals surface area (Å²) in [5.74, 6) is 0.0570. The first kappa shape index (κ1) is 12.0. The molecule has 1 saturated heterocycles. The van der Waals surface area contributed by atoms with Gasteiger partial charge in [0.25, 0.3) is 0 Å². The van der Waals surface area contributed by atoms with Crippen molar-refractivity contribution >= 4 is 5.91 Å². The Morgan fingerprint density at radius 2 is 2.27 bits per heavy atom. The van der Waals surface area contributed by atoms with E-state index in [-0.39, 0.29) is 23.9 Å². The number of nitrogens with one attached hydrogen (secondary N) is 1. The molecular weight excluding hydrogens is 190 g/mol. The molecule has 1 aliphatic rings. The minimum Gasteiger partial charge on any atom is -0.336 e. The van der Waals surface area contributed by atoms with Gasteiger partial charge in [0.2, 0.25) is 5.91 Å². The van der Waals surface area contributed by atoms with E-state index in [9.17, 15) is 4.79 Å². The maximum absolute atomic E-state index is 12.1. The van der Waals surface area contributed by atoms with Gasteiger partial charge in [-0.15, -0.1) is 0 Å². The number of amides is 1. The predicted molar refractivity (Wildman–Crippen MR) is 58.1 cm³/mol. The van der Waals surface area contributed by atoms with Crippen LogP contribution in [0.1, 0.15) is 33.6 Å². The van der Waals surface area contributed by atoms with E-state index in [1.165, 1.54) is 0 Å². The fraction of sp³-hybridized carbons (Fsp3) is 0.818. The molecule has 0 aromatic heterocycles. The average Bonchev–Trinajstić information content (AvgIpc) is 2.29. The number of nitriles is 1. The summed E-state index contributed by atoms with van der Waals surface area (Å²) in [6.45, 7) is 7.67. The molecule has 0 saturated carbocycles. The van der Waals surface area contributed by atoms with E-state index in [2.05, 4.69) is 11.4 Å². The molecule has 0 radical (unpaired) electrons. The molecule has 1 heterocycles. The highest BCUT2D eigenvalue weighted by Crippen LogP contribution is 2.17. The van der Waals surface area contributed by atoms with Crippen molar-refractivity contribution < 1.29 is 4.79 Å². The van der Waals surface area contributed by atoms with Gasteiger partial charge >= 0.3 is 0 Å². The van der Waals surface area contributed by atoms with Crippen LogP contribution in [0.25, 0.3) is 0 Å². The Morgan fingerprint density at radius 1 is 1.60 bits per heavy atom. The molecule has 4 nitrogen and oxygen atoms in total. The Labute approximate surface area is 91.2 Å². The van der Waals surface area contributed by atoms with Crippen molar-refractivity contribution in [2.24, 2.45) is 0 Å². The number of hydrogen-bond acceptors (Lipinski definition) is 3. The zero-order chi connectivity index (χ0) is 11.5. The van der Waals surface area contributed by atoms with Crippen LogP contribution in [0.15, 0.2) is 0 Å². The van der Waals surface area contributed by atoms with Gasteiger partial charge in [0.05, 0.1) is 18.5 Å². The molecule has 1 fully saturated rings. The fourth-order valence-corrected chi connectivity index (χ4v) is 1.82. The highest BCUT2D eigenvalue weighted by Gasteiger charge is 2.32. The monoisotopic (exact) mass is 209 g/mol. The van der Waals surface area contributed by atoms with Crippen molar-refractivity contribution in [1.82, 2.24) is 10.2 Å². The van der Waals surface area contributed by atoms with Crippen LogP contribution in [0.5, 0.6) is 0 Å². The number of nitrogens with zero attached hydrogens (tertiary/aromatic N) is 2. The van der Waals surface area contributed by atoms with E-state index in [4.69, 9.17) is 5.26 Å². The number of carbonyl (C=O) groups is 1. The smallest absolute Gasteiger partial charge is 0.241 e. The lowest BCUT2D eigenvalue weighted by Crippen LogP contribution is -2.51. The maximum atomic E-state index is 12.1. The molecule has 0 bridgehead atoms. The molecule has 1 N–H and O–H groups in total. The molecule has 1 rings (SSSR count). The Kier molecular flexibility index (Phi) is 3.70. The third kappa shape index (κ3) is 2.93. The minimum atomic E-state index is -0.322. The molecule has 0 aromatic rings. The van der Waals surface area contributed by atoms with E-state index in [1.807, 2.05) is 25.7 Å². The van der Waals surface area contributed by atoms with Gasteiger partial charge in [0, 0.05) is 12.1 Å². The third-order valence-corrected chi connectivity index (χ3v) is 2.62. The second-order valence-electron chi connectivity index (χ2n) is 4.88. The Bertz CT molecular complexity index is 275. The molecule has 0 spiro atoms. The summed E-state index contributed by atoms with van der Waals surface area (Å²) in [5.41, 5.74) is -0.156. The van der Waals surface area contributed by atoms with Crippen LogP contribution in [0, 0.1) is 11.3 Å². The van der Waals surface area contributed by atoms with Crippen molar-refractivity contribution in [2.45, 2.75) is 45.2 Å². The molecule has 15 heavy (non-hydrogen) atoms. The summed E-state index contributed by atoms with van der Waals surface area (Å²) in [4.78, 5) is 14.0. The van der Waals surface area contributed by atoms with Crippen molar-refractivity contribution in [3.05, 3.63) is 0 Å². The van der Waals surface area contributed by atoms with Gasteiger partial charge in [-0.1, -0.05) is 0 Å². The molecule has 4 heteroatoms. The number of rotatable bonds is 1. The fourth-order valence-electron chi connectivity index (χ4n) is 1.82. The highest BCUT2D eigenvalue weighted by atomic mass is 16.2. The Balaban J connectivity index is 2.81. The van der Waals surface area contributed by atoms with Crippen molar-refractivity contribution in [3.63, 3.8) is 0 Å². The van der Waals surface area contributed by atoms with Crippen LogP contribution >= 0.6 is 0 Å². The van der Waals surface area contributed by atoms with E-state index in [0.717, 1.165) is 19.5 Å². The molecule has 0 aliphatic carbocycles. The van der Waals surface area contributed by atoms with Crippen LogP contribution in [0.4, 0.5) is 0 Å². The second-order valence-corrected chi connectivity index (χ2v) is 4.88. The van der Waals surface area contributed by atoms with Gasteiger partial charge in [-0.2, -0.15) is 5.26 Å². The van der Waals surface area contributed by atoms with E-state index in [1.54, 1.807) is 0 Å². The molecule has 1 unspecified atom stereocenters. The van der Waals surface area contributed by atoms with Crippen LogP contribution in [0.3, 0.4) is 0 Å². The minimum absolute atomic E-state index is 0.0570. The number of hydrogen-bond donors (Lipinski definition) is 1. The first-order valence-electron chi connectivity index (χ1n) is 5.38. The number of carbonyl (C=O) groups excluding carboxylic acids is 1. The van der Waals surface area contributed by atoms with E-state index < -0.39 is 0 Å². The summed E-state index contributed by atoms with van der Waals surface area (Å²) in [6, 6.07) is 1.74. The van der Waals surface area contributed by atoms with Crippen LogP contribution in [0.2, 0.25) is 0 Å². The first-order chi connectivity index (χ1) is 6.96. The maximum Gasteiger partial charge on any atom is 0.241 e. The molecule has 1 atom stereocenters. The zero-order valence-corrected chi connectivity index (χ0v) is 9.71. The quantitative estimate of drug-likeness (QED) is 0.697. The summed E-state index contributed by atoms with van der Waals surface area (Å²) in [7, 11) is 0. The summed E-state index contributed by atoms with van der Waals surface area (Å²) < 4.78 is 0. The largest absolute Gasteiger partial charge is 0.336 e. The van der Waals surface area contributed by atoms with Crippen LogP contribution in [-0.2, 0) is 4.79 Å². The zero-order valence-electron chi connectivity index (χ0n) is 9.71. The van der Waals surface area contributed by atoms with Crippen LogP contribution < -0.4 is 5.32 Å². The van der Waals surface area contributed by atoms with Gasteiger partial charge < -0.3 is 10.2 Å². The van der Waals surface area contributed by atoms with Gasteiger partial charge in [-0.25, -0.2) is 0 Å². The highest BCUT2D eigenvalue weighted by molar-refractivity contribution is 5.83. The summed E-state index contributed by atoms with van der Waals surface area (Å²) in [6.07, 6.45) is 1.20. The Hall–Kier alpha value is -1.08. The average molecular weight is 209 g/mol. The standard InChI is InChI=1S/C11H19N3O/c1-11(2,3)14-8-4-7-13-9(5-6-12)10(14)15/h9,13H,4-5,7-8H2,1-3H3. The topological polar surface area (TPSA) is 56.1 Å². The normalized spacial score (nSPS) is 23.5. The van der Waals surface area contributed by atoms with Crippen molar-refractivity contribution in [3.8, 4) is 6.07 Å². The third-order valence-electron chi connectivity index (χ3n) is 2.62. The van der Waals surface area contributed by atoms with Crippen molar-refractivity contribution in [1.29, 1.82) is 5.26 Å². The molecular formula is C11H19N3O. The first-order valence-corrected chi connectivity index (χ1v) is 5.38. The van der Waals surface area contributed by atoms with Gasteiger partial charge in [0.1, 0.15) is 0 Å². The molecule has 0 aromatic carbocycles. The predicted octanol–water partition coefficient (Wildman–Crippen LogP) is 0.889. The van der Waals surface area contributed by atoms with Gasteiger partial charge in [0.15, 0.2) is 0 Å².